The maximum Gasteiger partial charge on any atom is 0.153 e. The molecule has 0 aliphatic heterocycles. The fraction of sp³-hybridized carbons (Fsp3) is 0.100. The first-order chi connectivity index (χ1) is 7.61. The summed E-state index contributed by atoms with van der Waals surface area (Å²) in [5, 5.41) is 4.05. The number of hydrogen-bond acceptors (Lipinski definition) is 3. The zero-order valence-corrected chi connectivity index (χ0v) is 9.90. The van der Waals surface area contributed by atoms with Crippen LogP contribution in [0.5, 0.6) is 0 Å². The lowest BCUT2D eigenvalue weighted by atomic mass is 10.1. The van der Waals surface area contributed by atoms with E-state index in [4.69, 9.17) is 0 Å². The van der Waals surface area contributed by atoms with E-state index in [1.54, 1.807) is 7.05 Å². The number of halogens is 2. The number of hydrogen-bond donors (Lipinski definition) is 0. The number of carbonyl (C=O) groups is 1. The predicted molar refractivity (Wildman–Crippen MR) is 59.5 cm³/mol. The molecular formula is C10H7BrFN3O. The van der Waals surface area contributed by atoms with Crippen LogP contribution in [-0.4, -0.2) is 21.1 Å². The molecule has 0 atom stereocenters. The van der Waals surface area contributed by atoms with Gasteiger partial charge in [-0.25, -0.2) is 9.37 Å². The lowest BCUT2D eigenvalue weighted by molar-refractivity contribution is 0.112. The number of nitrogens with zero attached hydrogens (tertiary/aromatic N) is 3. The molecule has 6 heteroatoms. The minimum absolute atomic E-state index is 0.254. The van der Waals surface area contributed by atoms with Crippen molar-refractivity contribution in [3.63, 3.8) is 0 Å². The van der Waals surface area contributed by atoms with Crippen molar-refractivity contribution in [3.05, 3.63) is 34.4 Å². The Hall–Kier alpha value is -1.56. The van der Waals surface area contributed by atoms with E-state index in [0.29, 0.717) is 22.1 Å². The van der Waals surface area contributed by atoms with E-state index in [0.717, 1.165) is 6.20 Å². The van der Waals surface area contributed by atoms with Crippen LogP contribution in [0.25, 0.3) is 11.3 Å². The summed E-state index contributed by atoms with van der Waals surface area (Å²) in [6.45, 7) is 0. The summed E-state index contributed by atoms with van der Waals surface area (Å²) in [7, 11) is 1.67. The molecule has 2 aromatic heterocycles. The number of pyridine rings is 1. The standard InChI is InChI=1S/C10H7BrFN3O/c1-15-4-6(5-16)10(14-15)7-2-9(11)13-3-8(7)12/h2-5H,1H3. The Labute approximate surface area is 99.2 Å². The highest BCUT2D eigenvalue weighted by Crippen LogP contribution is 2.25. The largest absolute Gasteiger partial charge is 0.298 e. The smallest absolute Gasteiger partial charge is 0.153 e. The number of aromatic nitrogens is 3. The van der Waals surface area contributed by atoms with Crippen LogP contribution >= 0.6 is 15.9 Å². The van der Waals surface area contributed by atoms with Crippen molar-refractivity contribution in [2.45, 2.75) is 0 Å². The highest BCUT2D eigenvalue weighted by atomic mass is 79.9. The second kappa shape index (κ2) is 4.13. The average Bonchev–Trinajstić information content (AvgIpc) is 2.63. The van der Waals surface area contributed by atoms with Gasteiger partial charge in [0.25, 0.3) is 0 Å². The predicted octanol–water partition coefficient (Wildman–Crippen LogP) is 2.20. The van der Waals surface area contributed by atoms with Gasteiger partial charge in [0.05, 0.1) is 11.8 Å². The third-order valence-electron chi connectivity index (χ3n) is 2.06. The van der Waals surface area contributed by atoms with E-state index in [9.17, 15) is 9.18 Å². The van der Waals surface area contributed by atoms with Crippen LogP contribution in [-0.2, 0) is 7.05 Å². The van der Waals surface area contributed by atoms with E-state index in [2.05, 4.69) is 26.0 Å². The summed E-state index contributed by atoms with van der Waals surface area (Å²) in [4.78, 5) is 14.6. The SMILES string of the molecule is Cn1cc(C=O)c(-c2cc(Br)ncc2F)n1. The molecule has 0 fully saturated rings. The molecule has 0 bridgehead atoms. The summed E-state index contributed by atoms with van der Waals surface area (Å²) in [6, 6.07) is 1.49. The quantitative estimate of drug-likeness (QED) is 0.627. The van der Waals surface area contributed by atoms with Crippen LogP contribution in [0.15, 0.2) is 23.1 Å². The van der Waals surface area contributed by atoms with Crippen LogP contribution in [0.3, 0.4) is 0 Å². The summed E-state index contributed by atoms with van der Waals surface area (Å²) in [5.74, 6) is -0.509. The molecule has 0 amide bonds. The summed E-state index contributed by atoms with van der Waals surface area (Å²) in [5.41, 5.74) is 0.919. The fourth-order valence-corrected chi connectivity index (χ4v) is 1.73. The number of aldehydes is 1. The van der Waals surface area contributed by atoms with E-state index in [1.165, 1.54) is 16.9 Å². The van der Waals surface area contributed by atoms with Gasteiger partial charge >= 0.3 is 0 Å². The van der Waals surface area contributed by atoms with Crippen LogP contribution in [0.2, 0.25) is 0 Å². The highest BCUT2D eigenvalue weighted by Gasteiger charge is 2.14. The molecule has 82 valence electrons. The average molecular weight is 284 g/mol. The first kappa shape index (κ1) is 10.9. The number of aryl methyl sites for hydroxylation is 1. The normalized spacial score (nSPS) is 10.4. The molecule has 0 unspecified atom stereocenters. The molecule has 16 heavy (non-hydrogen) atoms. The van der Waals surface area contributed by atoms with Crippen molar-refractivity contribution >= 4 is 22.2 Å². The van der Waals surface area contributed by atoms with Gasteiger partial charge in [0, 0.05) is 18.8 Å². The Bertz CT molecular complexity index is 553. The molecule has 0 saturated heterocycles. The van der Waals surface area contributed by atoms with E-state index in [-0.39, 0.29) is 5.56 Å². The molecule has 4 nitrogen and oxygen atoms in total. The van der Waals surface area contributed by atoms with Crippen molar-refractivity contribution in [1.82, 2.24) is 14.8 Å². The topological polar surface area (TPSA) is 47.8 Å². The van der Waals surface area contributed by atoms with Crippen LogP contribution < -0.4 is 0 Å². The molecule has 0 N–H and O–H groups in total. The minimum atomic E-state index is -0.509. The van der Waals surface area contributed by atoms with Gasteiger partial charge in [-0.2, -0.15) is 5.10 Å². The highest BCUT2D eigenvalue weighted by molar-refractivity contribution is 9.10. The summed E-state index contributed by atoms with van der Waals surface area (Å²) >= 11 is 3.15. The number of rotatable bonds is 2. The molecule has 2 heterocycles. The summed E-state index contributed by atoms with van der Waals surface area (Å²) < 4.78 is 15.5. The molecule has 2 aromatic rings. The Morgan fingerprint density at radius 1 is 1.56 bits per heavy atom. The second-order valence-corrected chi connectivity index (χ2v) is 4.02. The molecule has 0 spiro atoms. The van der Waals surface area contributed by atoms with Gasteiger partial charge in [0.2, 0.25) is 0 Å². The zero-order chi connectivity index (χ0) is 11.7. The maximum absolute atomic E-state index is 13.5. The van der Waals surface area contributed by atoms with Gasteiger partial charge in [-0.1, -0.05) is 0 Å². The van der Waals surface area contributed by atoms with Crippen molar-refractivity contribution < 1.29 is 9.18 Å². The van der Waals surface area contributed by atoms with Gasteiger partial charge in [-0.05, 0) is 22.0 Å². The molecule has 0 aliphatic rings. The second-order valence-electron chi connectivity index (χ2n) is 3.21. The van der Waals surface area contributed by atoms with Gasteiger partial charge in [0.1, 0.15) is 10.3 Å². The zero-order valence-electron chi connectivity index (χ0n) is 8.32. The van der Waals surface area contributed by atoms with Crippen LogP contribution in [0.4, 0.5) is 4.39 Å². The first-order valence-electron chi connectivity index (χ1n) is 4.42. The van der Waals surface area contributed by atoms with Crippen molar-refractivity contribution in [3.8, 4) is 11.3 Å². The maximum atomic E-state index is 13.5. The van der Waals surface area contributed by atoms with Gasteiger partial charge < -0.3 is 0 Å². The lowest BCUT2D eigenvalue weighted by Gasteiger charge is -2.00. The van der Waals surface area contributed by atoms with Crippen molar-refractivity contribution in [1.29, 1.82) is 0 Å². The van der Waals surface area contributed by atoms with E-state index < -0.39 is 5.82 Å². The number of carbonyl (C=O) groups excluding carboxylic acids is 1. The third kappa shape index (κ3) is 1.88. The van der Waals surface area contributed by atoms with E-state index >= 15 is 0 Å². The lowest BCUT2D eigenvalue weighted by Crippen LogP contribution is -1.92. The molecule has 0 radical (unpaired) electrons. The Morgan fingerprint density at radius 2 is 2.31 bits per heavy atom. The van der Waals surface area contributed by atoms with Gasteiger partial charge in [-0.3, -0.25) is 9.48 Å². The first-order valence-corrected chi connectivity index (χ1v) is 5.21. The van der Waals surface area contributed by atoms with Gasteiger partial charge in [0.15, 0.2) is 12.1 Å². The monoisotopic (exact) mass is 283 g/mol. The Kier molecular flexibility index (Phi) is 2.82. The fourth-order valence-electron chi connectivity index (χ4n) is 1.40. The summed E-state index contributed by atoms with van der Waals surface area (Å²) in [6.07, 6.45) is 3.27. The van der Waals surface area contributed by atoms with Crippen molar-refractivity contribution in [2.24, 2.45) is 7.05 Å². The Balaban J connectivity index is 2.66. The van der Waals surface area contributed by atoms with E-state index in [1.807, 2.05) is 0 Å². The molecular weight excluding hydrogens is 277 g/mol. The third-order valence-corrected chi connectivity index (χ3v) is 2.49. The van der Waals surface area contributed by atoms with Crippen LogP contribution in [0, 0.1) is 5.82 Å². The molecule has 0 saturated carbocycles. The Morgan fingerprint density at radius 3 is 3.00 bits per heavy atom. The molecule has 0 aromatic carbocycles. The van der Waals surface area contributed by atoms with Gasteiger partial charge in [-0.15, -0.1) is 0 Å². The minimum Gasteiger partial charge on any atom is -0.298 e. The van der Waals surface area contributed by atoms with Crippen molar-refractivity contribution in [2.75, 3.05) is 0 Å². The molecule has 2 rings (SSSR count). The van der Waals surface area contributed by atoms with Crippen LogP contribution in [0.1, 0.15) is 10.4 Å². The molecule has 0 aliphatic carbocycles.